The minimum absolute atomic E-state index is 0.172. The van der Waals surface area contributed by atoms with E-state index in [1.54, 1.807) is 0 Å². The first kappa shape index (κ1) is 10.0. The molecule has 0 heterocycles. The minimum Gasteiger partial charge on any atom is -0.325 e. The molecule has 0 aromatic rings. The molecule has 1 fully saturated rings. The Morgan fingerprint density at radius 1 is 1.25 bits per heavy atom. The van der Waals surface area contributed by atoms with Gasteiger partial charge in [0.1, 0.15) is 0 Å². The first-order valence-electron chi connectivity index (χ1n) is 5.34. The summed E-state index contributed by atoms with van der Waals surface area (Å²) in [5.41, 5.74) is 6.52. The average molecular weight is 169 g/mol. The van der Waals surface area contributed by atoms with E-state index in [-0.39, 0.29) is 5.54 Å². The number of hydrogen-bond donors (Lipinski definition) is 1. The predicted octanol–water partition coefficient (Wildman–Crippen LogP) is 2.94. The molecule has 0 aliphatic heterocycles. The van der Waals surface area contributed by atoms with Gasteiger partial charge in [0.25, 0.3) is 0 Å². The van der Waals surface area contributed by atoms with Crippen molar-refractivity contribution in [3.8, 4) is 0 Å². The van der Waals surface area contributed by atoms with Crippen molar-refractivity contribution in [2.45, 2.75) is 58.4 Å². The highest BCUT2D eigenvalue weighted by Gasteiger charge is 2.33. The molecule has 0 amide bonds. The lowest BCUT2D eigenvalue weighted by Gasteiger charge is -2.40. The second-order valence-electron chi connectivity index (χ2n) is 4.97. The zero-order chi connectivity index (χ0) is 9.19. The molecular formula is C11H23N. The molecule has 1 nitrogen and oxygen atoms in total. The van der Waals surface area contributed by atoms with Gasteiger partial charge in [0.2, 0.25) is 0 Å². The molecule has 2 atom stereocenters. The lowest BCUT2D eigenvalue weighted by atomic mass is 9.70. The summed E-state index contributed by atoms with van der Waals surface area (Å²) in [5, 5.41) is 0. The molecule has 1 aliphatic carbocycles. The topological polar surface area (TPSA) is 26.0 Å². The molecule has 0 aromatic carbocycles. The van der Waals surface area contributed by atoms with E-state index in [9.17, 15) is 0 Å². The van der Waals surface area contributed by atoms with Gasteiger partial charge in [-0.25, -0.2) is 0 Å². The molecule has 1 heteroatoms. The minimum atomic E-state index is 0.172. The third-order valence-corrected chi connectivity index (χ3v) is 3.06. The summed E-state index contributed by atoms with van der Waals surface area (Å²) in [4.78, 5) is 0. The van der Waals surface area contributed by atoms with Crippen molar-refractivity contribution in [2.24, 2.45) is 17.6 Å². The molecule has 1 rings (SSSR count). The molecule has 2 unspecified atom stereocenters. The number of nitrogens with two attached hydrogens (primary N) is 1. The van der Waals surface area contributed by atoms with Crippen LogP contribution >= 0.6 is 0 Å². The van der Waals surface area contributed by atoms with E-state index in [4.69, 9.17) is 5.73 Å². The molecule has 72 valence electrons. The Morgan fingerprint density at radius 2 is 1.75 bits per heavy atom. The van der Waals surface area contributed by atoms with Crippen LogP contribution in [0.2, 0.25) is 0 Å². The predicted molar refractivity (Wildman–Crippen MR) is 54.0 cm³/mol. The monoisotopic (exact) mass is 169 g/mol. The van der Waals surface area contributed by atoms with Gasteiger partial charge in [-0.1, -0.05) is 27.2 Å². The summed E-state index contributed by atoms with van der Waals surface area (Å²) >= 11 is 0. The van der Waals surface area contributed by atoms with E-state index < -0.39 is 0 Å². The Bertz CT molecular complexity index is 132. The molecule has 1 saturated carbocycles. The van der Waals surface area contributed by atoms with Crippen molar-refractivity contribution in [3.63, 3.8) is 0 Å². The summed E-state index contributed by atoms with van der Waals surface area (Å²) < 4.78 is 0. The Kier molecular flexibility index (Phi) is 3.16. The van der Waals surface area contributed by atoms with Crippen LogP contribution in [0.4, 0.5) is 0 Å². The standard InChI is InChI=1S/C11H23N/c1-4-5-11(12)7-9(2)6-10(3)8-11/h9-10H,4-8,12H2,1-3H3. The van der Waals surface area contributed by atoms with Gasteiger partial charge >= 0.3 is 0 Å². The summed E-state index contributed by atoms with van der Waals surface area (Å²) in [6.07, 6.45) is 6.30. The number of rotatable bonds is 2. The molecule has 0 aromatic heterocycles. The highest BCUT2D eigenvalue weighted by molar-refractivity contribution is 4.91. The normalized spacial score (nSPS) is 43.0. The van der Waals surface area contributed by atoms with Crippen molar-refractivity contribution in [2.75, 3.05) is 0 Å². The zero-order valence-electron chi connectivity index (χ0n) is 8.77. The molecule has 0 spiro atoms. The second kappa shape index (κ2) is 3.78. The maximum absolute atomic E-state index is 6.35. The zero-order valence-corrected chi connectivity index (χ0v) is 8.77. The third-order valence-electron chi connectivity index (χ3n) is 3.06. The van der Waals surface area contributed by atoms with Crippen molar-refractivity contribution in [3.05, 3.63) is 0 Å². The van der Waals surface area contributed by atoms with Crippen LogP contribution in [0.3, 0.4) is 0 Å². The van der Waals surface area contributed by atoms with Crippen LogP contribution in [-0.4, -0.2) is 5.54 Å². The largest absolute Gasteiger partial charge is 0.325 e. The van der Waals surface area contributed by atoms with E-state index in [1.165, 1.54) is 32.1 Å². The second-order valence-corrected chi connectivity index (χ2v) is 4.97. The van der Waals surface area contributed by atoms with Crippen LogP contribution in [0.15, 0.2) is 0 Å². The van der Waals surface area contributed by atoms with E-state index >= 15 is 0 Å². The van der Waals surface area contributed by atoms with Crippen molar-refractivity contribution in [1.29, 1.82) is 0 Å². The lowest BCUT2D eigenvalue weighted by Crippen LogP contribution is -2.46. The van der Waals surface area contributed by atoms with Crippen LogP contribution in [0.25, 0.3) is 0 Å². The molecule has 1 aliphatic rings. The quantitative estimate of drug-likeness (QED) is 0.675. The van der Waals surface area contributed by atoms with E-state index in [0.29, 0.717) is 0 Å². The summed E-state index contributed by atoms with van der Waals surface area (Å²) in [7, 11) is 0. The average Bonchev–Trinajstić information content (AvgIpc) is 1.82. The maximum Gasteiger partial charge on any atom is 0.0159 e. The molecule has 0 bridgehead atoms. The Morgan fingerprint density at radius 3 is 2.17 bits per heavy atom. The fourth-order valence-corrected chi connectivity index (χ4v) is 3.03. The lowest BCUT2D eigenvalue weighted by molar-refractivity contribution is 0.172. The van der Waals surface area contributed by atoms with Crippen LogP contribution < -0.4 is 5.73 Å². The first-order chi connectivity index (χ1) is 5.56. The van der Waals surface area contributed by atoms with Gasteiger partial charge in [0.15, 0.2) is 0 Å². The van der Waals surface area contributed by atoms with Crippen molar-refractivity contribution >= 4 is 0 Å². The molecule has 12 heavy (non-hydrogen) atoms. The van der Waals surface area contributed by atoms with Crippen LogP contribution in [-0.2, 0) is 0 Å². The SMILES string of the molecule is CCCC1(N)CC(C)CC(C)C1. The fraction of sp³-hybridized carbons (Fsp3) is 1.00. The van der Waals surface area contributed by atoms with Gasteiger partial charge < -0.3 is 5.73 Å². The van der Waals surface area contributed by atoms with Crippen molar-refractivity contribution < 1.29 is 0 Å². The van der Waals surface area contributed by atoms with Crippen LogP contribution in [0, 0.1) is 11.8 Å². The highest BCUT2D eigenvalue weighted by atomic mass is 14.7. The fourth-order valence-electron chi connectivity index (χ4n) is 3.03. The van der Waals surface area contributed by atoms with E-state index in [2.05, 4.69) is 20.8 Å². The van der Waals surface area contributed by atoms with E-state index in [0.717, 1.165) is 11.8 Å². The van der Waals surface area contributed by atoms with Gasteiger partial charge in [0, 0.05) is 5.54 Å². The number of hydrogen-bond acceptors (Lipinski definition) is 1. The Labute approximate surface area is 76.7 Å². The van der Waals surface area contributed by atoms with Gasteiger partial charge in [0.05, 0.1) is 0 Å². The van der Waals surface area contributed by atoms with Gasteiger partial charge in [-0.3, -0.25) is 0 Å². The Balaban J connectivity index is 2.52. The maximum atomic E-state index is 6.35. The summed E-state index contributed by atoms with van der Waals surface area (Å²) in [5.74, 6) is 1.68. The summed E-state index contributed by atoms with van der Waals surface area (Å²) in [6, 6.07) is 0. The highest BCUT2D eigenvalue weighted by Crippen LogP contribution is 2.36. The molecule has 2 N–H and O–H groups in total. The Hall–Kier alpha value is -0.0400. The third kappa shape index (κ3) is 2.48. The first-order valence-corrected chi connectivity index (χ1v) is 5.34. The van der Waals surface area contributed by atoms with Crippen LogP contribution in [0.1, 0.15) is 52.9 Å². The summed E-state index contributed by atoms with van der Waals surface area (Å²) in [6.45, 7) is 6.92. The van der Waals surface area contributed by atoms with Crippen LogP contribution in [0.5, 0.6) is 0 Å². The van der Waals surface area contributed by atoms with Gasteiger partial charge in [-0.2, -0.15) is 0 Å². The smallest absolute Gasteiger partial charge is 0.0159 e. The van der Waals surface area contributed by atoms with Gasteiger partial charge in [-0.15, -0.1) is 0 Å². The molecular weight excluding hydrogens is 146 g/mol. The van der Waals surface area contributed by atoms with Crippen molar-refractivity contribution in [1.82, 2.24) is 0 Å². The molecule has 0 radical (unpaired) electrons. The van der Waals surface area contributed by atoms with E-state index in [1.807, 2.05) is 0 Å². The molecule has 0 saturated heterocycles. The van der Waals surface area contributed by atoms with Gasteiger partial charge in [-0.05, 0) is 37.5 Å².